The van der Waals surface area contributed by atoms with Crippen LogP contribution in [0.1, 0.15) is 11.7 Å². The average Bonchev–Trinajstić information content (AvgIpc) is 2.36. The lowest BCUT2D eigenvalue weighted by Gasteiger charge is -2.15. The Morgan fingerprint density at radius 1 is 1.31 bits per heavy atom. The van der Waals surface area contributed by atoms with Gasteiger partial charge in [-0.2, -0.15) is 0 Å². The van der Waals surface area contributed by atoms with Crippen LogP contribution in [0.5, 0.6) is 5.75 Å². The molecule has 1 aromatic carbocycles. The fourth-order valence-corrected chi connectivity index (χ4v) is 1.88. The van der Waals surface area contributed by atoms with Gasteiger partial charge in [0, 0.05) is 0 Å². The first-order valence-electron chi connectivity index (χ1n) is 4.64. The highest BCUT2D eigenvalue weighted by molar-refractivity contribution is 14.1. The van der Waals surface area contributed by atoms with Crippen LogP contribution in [-0.2, 0) is 9.53 Å². The van der Waals surface area contributed by atoms with Crippen molar-refractivity contribution in [2.45, 2.75) is 10.0 Å². The third-order valence-electron chi connectivity index (χ3n) is 2.16. The number of alkyl halides is 1. The van der Waals surface area contributed by atoms with Gasteiger partial charge >= 0.3 is 5.97 Å². The second-order valence-corrected chi connectivity index (χ2v) is 4.48. The molecule has 1 rings (SSSR count). The van der Waals surface area contributed by atoms with E-state index < -0.39 is 16.0 Å². The quantitative estimate of drug-likeness (QED) is 0.517. The van der Waals surface area contributed by atoms with Gasteiger partial charge in [0.25, 0.3) is 0 Å². The van der Waals surface area contributed by atoms with Gasteiger partial charge in [0.15, 0.2) is 0 Å². The van der Waals surface area contributed by atoms with E-state index in [9.17, 15) is 9.90 Å². The number of aliphatic hydroxyl groups excluding tert-OH is 1. The maximum absolute atomic E-state index is 11.2. The van der Waals surface area contributed by atoms with E-state index in [4.69, 9.17) is 4.74 Å². The zero-order valence-corrected chi connectivity index (χ0v) is 11.2. The summed E-state index contributed by atoms with van der Waals surface area (Å²) in [6.45, 7) is 0. The second kappa shape index (κ2) is 6.05. The van der Waals surface area contributed by atoms with E-state index in [1.165, 1.54) is 7.11 Å². The number of carbonyl (C=O) groups excluding carboxylic acids is 1. The zero-order valence-electron chi connectivity index (χ0n) is 9.01. The van der Waals surface area contributed by atoms with Gasteiger partial charge < -0.3 is 14.6 Å². The first-order valence-corrected chi connectivity index (χ1v) is 5.88. The molecule has 0 heterocycles. The average molecular weight is 336 g/mol. The number of rotatable bonds is 4. The molecule has 0 saturated heterocycles. The van der Waals surface area contributed by atoms with Crippen molar-refractivity contribution in [2.75, 3.05) is 14.2 Å². The number of esters is 1. The summed E-state index contributed by atoms with van der Waals surface area (Å²) in [5.41, 5.74) is 0.658. The van der Waals surface area contributed by atoms with E-state index in [0.717, 1.165) is 0 Å². The fourth-order valence-electron chi connectivity index (χ4n) is 1.21. The van der Waals surface area contributed by atoms with Gasteiger partial charge in [0.1, 0.15) is 15.8 Å². The standard InChI is InChI=1S/C11H13IO4/c1-15-8-5-3-7(4-6-8)10(13)9(12)11(14)16-2/h3-6,9-10,13H,1-2H3/t9-,10-/m0/s1. The SMILES string of the molecule is COC(=O)[C@@H](I)[C@@H](O)c1ccc(OC)cc1. The van der Waals surface area contributed by atoms with Crippen molar-refractivity contribution in [3.05, 3.63) is 29.8 Å². The van der Waals surface area contributed by atoms with Gasteiger partial charge in [0.2, 0.25) is 0 Å². The molecule has 0 amide bonds. The smallest absolute Gasteiger partial charge is 0.321 e. The van der Waals surface area contributed by atoms with E-state index in [2.05, 4.69) is 4.74 Å². The predicted octanol–water partition coefficient (Wildman–Crippen LogP) is 1.71. The van der Waals surface area contributed by atoms with E-state index in [1.54, 1.807) is 31.4 Å². The van der Waals surface area contributed by atoms with E-state index in [-0.39, 0.29) is 0 Å². The number of ether oxygens (including phenoxy) is 2. The molecule has 2 atom stereocenters. The van der Waals surface area contributed by atoms with Crippen LogP contribution in [0, 0.1) is 0 Å². The molecule has 0 fully saturated rings. The molecule has 0 saturated carbocycles. The lowest BCUT2D eigenvalue weighted by molar-refractivity contribution is -0.141. The van der Waals surface area contributed by atoms with Crippen LogP contribution in [0.3, 0.4) is 0 Å². The molecule has 1 aromatic rings. The van der Waals surface area contributed by atoms with Crippen LogP contribution in [0.2, 0.25) is 0 Å². The number of hydrogen-bond donors (Lipinski definition) is 1. The highest BCUT2D eigenvalue weighted by Gasteiger charge is 2.25. The van der Waals surface area contributed by atoms with E-state index in [0.29, 0.717) is 11.3 Å². The van der Waals surface area contributed by atoms with E-state index >= 15 is 0 Å². The normalized spacial score (nSPS) is 14.0. The summed E-state index contributed by atoms with van der Waals surface area (Å²) in [7, 11) is 2.87. The molecule has 1 N–H and O–H groups in total. The van der Waals surface area contributed by atoms with E-state index in [1.807, 2.05) is 22.6 Å². The Balaban J connectivity index is 2.79. The lowest BCUT2D eigenvalue weighted by atomic mass is 10.1. The van der Waals surface area contributed by atoms with Gasteiger partial charge in [-0.15, -0.1) is 0 Å². The second-order valence-electron chi connectivity index (χ2n) is 3.14. The molecule has 16 heavy (non-hydrogen) atoms. The minimum atomic E-state index is -0.876. The molecular weight excluding hydrogens is 323 g/mol. The number of hydrogen-bond acceptors (Lipinski definition) is 4. The number of carbonyl (C=O) groups is 1. The zero-order chi connectivity index (χ0) is 12.1. The third-order valence-corrected chi connectivity index (χ3v) is 3.35. The Hall–Kier alpha value is -0.820. The maximum atomic E-state index is 11.2. The topological polar surface area (TPSA) is 55.8 Å². The number of benzene rings is 1. The molecule has 0 aliphatic carbocycles. The van der Waals surface area contributed by atoms with Crippen molar-refractivity contribution >= 4 is 28.6 Å². The highest BCUT2D eigenvalue weighted by atomic mass is 127. The minimum absolute atomic E-state index is 0.441. The Morgan fingerprint density at radius 3 is 2.31 bits per heavy atom. The van der Waals surface area contributed by atoms with Gasteiger partial charge in [-0.1, -0.05) is 34.7 Å². The van der Waals surface area contributed by atoms with Gasteiger partial charge in [0.05, 0.1) is 14.2 Å². The van der Waals surface area contributed by atoms with Gasteiger partial charge in [-0.3, -0.25) is 4.79 Å². The summed E-state index contributed by atoms with van der Waals surface area (Å²) in [6, 6.07) is 6.91. The molecule has 0 unspecified atom stereocenters. The summed E-state index contributed by atoms with van der Waals surface area (Å²) in [5, 5.41) is 9.91. The maximum Gasteiger partial charge on any atom is 0.321 e. The van der Waals surface area contributed by atoms with Crippen molar-refractivity contribution in [3.63, 3.8) is 0 Å². The first-order chi connectivity index (χ1) is 7.60. The van der Waals surface area contributed by atoms with Crippen LogP contribution in [0.25, 0.3) is 0 Å². The first kappa shape index (κ1) is 13.2. The van der Waals surface area contributed by atoms with Crippen LogP contribution in [-0.4, -0.2) is 29.2 Å². The van der Waals surface area contributed by atoms with Crippen LogP contribution in [0.15, 0.2) is 24.3 Å². The van der Waals surface area contributed by atoms with Gasteiger partial charge in [-0.25, -0.2) is 0 Å². The molecule has 0 spiro atoms. The predicted molar refractivity (Wildman–Crippen MR) is 67.8 cm³/mol. The molecule has 4 nitrogen and oxygen atoms in total. The minimum Gasteiger partial charge on any atom is -0.497 e. The third kappa shape index (κ3) is 3.08. The Bertz CT molecular complexity index is 350. The molecule has 0 radical (unpaired) electrons. The molecular formula is C11H13IO4. The lowest BCUT2D eigenvalue weighted by Crippen LogP contribution is -2.23. The Morgan fingerprint density at radius 2 is 1.88 bits per heavy atom. The molecule has 5 heteroatoms. The van der Waals surface area contributed by atoms with Gasteiger partial charge in [-0.05, 0) is 17.7 Å². The van der Waals surface area contributed by atoms with Crippen LogP contribution < -0.4 is 4.74 Å². The van der Waals surface area contributed by atoms with Crippen LogP contribution in [0.4, 0.5) is 0 Å². The van der Waals surface area contributed by atoms with Crippen molar-refractivity contribution in [1.29, 1.82) is 0 Å². The number of halogens is 1. The van der Waals surface area contributed by atoms with Crippen molar-refractivity contribution in [2.24, 2.45) is 0 Å². The summed E-state index contributed by atoms with van der Waals surface area (Å²) >= 11 is 1.86. The summed E-state index contributed by atoms with van der Waals surface area (Å²) in [5.74, 6) is 0.267. The van der Waals surface area contributed by atoms with Crippen molar-refractivity contribution in [3.8, 4) is 5.75 Å². The Labute approximate surface area is 108 Å². The molecule has 0 bridgehead atoms. The summed E-state index contributed by atoms with van der Waals surface area (Å²) in [6.07, 6.45) is -0.876. The monoisotopic (exact) mass is 336 g/mol. The fraction of sp³-hybridized carbons (Fsp3) is 0.364. The molecule has 0 aromatic heterocycles. The van der Waals surface area contributed by atoms with Crippen LogP contribution >= 0.6 is 22.6 Å². The largest absolute Gasteiger partial charge is 0.497 e. The molecule has 0 aliphatic heterocycles. The highest BCUT2D eigenvalue weighted by Crippen LogP contribution is 2.25. The van der Waals surface area contributed by atoms with Crippen molar-refractivity contribution in [1.82, 2.24) is 0 Å². The summed E-state index contributed by atoms with van der Waals surface area (Å²) < 4.78 is 8.96. The molecule has 0 aliphatic rings. The number of methoxy groups -OCH3 is 2. The summed E-state index contributed by atoms with van der Waals surface area (Å²) in [4.78, 5) is 11.2. The Kier molecular flexibility index (Phi) is 5.01. The number of aliphatic hydroxyl groups is 1. The van der Waals surface area contributed by atoms with Crippen molar-refractivity contribution < 1.29 is 19.4 Å². The molecule has 88 valence electrons.